The van der Waals surface area contributed by atoms with Crippen LogP contribution in [0.3, 0.4) is 0 Å². The summed E-state index contributed by atoms with van der Waals surface area (Å²) in [5.74, 6) is 2.91. The van der Waals surface area contributed by atoms with E-state index in [-0.39, 0.29) is 0 Å². The fraction of sp³-hybridized carbons (Fsp3) is 0.857. The summed E-state index contributed by atoms with van der Waals surface area (Å²) >= 11 is 1.85. The van der Waals surface area contributed by atoms with Gasteiger partial charge >= 0.3 is 0 Å². The van der Waals surface area contributed by atoms with Gasteiger partial charge in [0, 0.05) is 6.04 Å². The Balaban J connectivity index is 2.02. The highest BCUT2D eigenvalue weighted by molar-refractivity contribution is 7.99. The molecule has 0 spiro atoms. The highest BCUT2D eigenvalue weighted by atomic mass is 32.2. The second kappa shape index (κ2) is 7.29. The van der Waals surface area contributed by atoms with Gasteiger partial charge in [-0.05, 0) is 25.1 Å². The molecular formula is C14H25N3OS. The van der Waals surface area contributed by atoms with Crippen molar-refractivity contribution in [3.8, 4) is 0 Å². The fourth-order valence-corrected chi connectivity index (χ4v) is 3.27. The molecule has 1 aliphatic carbocycles. The minimum Gasteiger partial charge on any atom is -0.339 e. The lowest BCUT2D eigenvalue weighted by molar-refractivity contribution is 0.309. The van der Waals surface area contributed by atoms with Crippen molar-refractivity contribution in [3.05, 3.63) is 11.7 Å². The maximum absolute atomic E-state index is 5.51. The van der Waals surface area contributed by atoms with E-state index < -0.39 is 0 Å². The quantitative estimate of drug-likeness (QED) is 0.840. The second-order valence-corrected chi connectivity index (χ2v) is 7.11. The predicted octanol–water partition coefficient (Wildman–Crippen LogP) is 3.35. The molecule has 5 heteroatoms. The topological polar surface area (TPSA) is 51.0 Å². The molecule has 2 rings (SSSR count). The molecule has 1 heterocycles. The molecule has 1 aliphatic rings. The first kappa shape index (κ1) is 14.9. The van der Waals surface area contributed by atoms with Gasteiger partial charge in [-0.1, -0.05) is 38.3 Å². The molecule has 1 aromatic rings. The standard InChI is InChI=1S/C14H25N3OS/c1-10(2)19-9-13-16-14(18-17-13)11-7-5-4-6-8-12(11)15-3/h10-12,15H,4-9H2,1-3H3. The summed E-state index contributed by atoms with van der Waals surface area (Å²) in [6.45, 7) is 4.38. The summed E-state index contributed by atoms with van der Waals surface area (Å²) in [6, 6.07) is 0.480. The first-order valence-electron chi connectivity index (χ1n) is 7.32. The van der Waals surface area contributed by atoms with Crippen LogP contribution in [-0.2, 0) is 5.75 Å². The second-order valence-electron chi connectivity index (χ2n) is 5.55. The summed E-state index contributed by atoms with van der Waals surface area (Å²) in [5.41, 5.74) is 0. The molecule has 0 aliphatic heterocycles. The average molecular weight is 283 g/mol. The number of thioether (sulfide) groups is 1. The van der Waals surface area contributed by atoms with Crippen LogP contribution in [0.4, 0.5) is 0 Å². The van der Waals surface area contributed by atoms with Gasteiger partial charge in [-0.25, -0.2) is 0 Å². The predicted molar refractivity (Wildman–Crippen MR) is 79.4 cm³/mol. The van der Waals surface area contributed by atoms with Gasteiger partial charge in [0.25, 0.3) is 0 Å². The molecule has 4 nitrogen and oxygen atoms in total. The van der Waals surface area contributed by atoms with Crippen LogP contribution in [0, 0.1) is 0 Å². The van der Waals surface area contributed by atoms with Gasteiger partial charge in [-0.15, -0.1) is 0 Å². The third kappa shape index (κ3) is 4.21. The van der Waals surface area contributed by atoms with Gasteiger partial charge in [0.15, 0.2) is 5.82 Å². The third-order valence-electron chi connectivity index (χ3n) is 3.73. The van der Waals surface area contributed by atoms with Crippen LogP contribution in [0.15, 0.2) is 4.52 Å². The Bertz CT molecular complexity index is 381. The Morgan fingerprint density at radius 3 is 2.84 bits per heavy atom. The monoisotopic (exact) mass is 283 g/mol. The Hall–Kier alpha value is -0.550. The summed E-state index contributed by atoms with van der Waals surface area (Å²) in [7, 11) is 2.04. The number of rotatable bonds is 5. The lowest BCUT2D eigenvalue weighted by Gasteiger charge is -2.20. The van der Waals surface area contributed by atoms with Crippen LogP contribution in [-0.4, -0.2) is 28.5 Å². The van der Waals surface area contributed by atoms with Crippen molar-refractivity contribution in [1.82, 2.24) is 15.5 Å². The highest BCUT2D eigenvalue weighted by Crippen LogP contribution is 2.31. The van der Waals surface area contributed by atoms with Crippen LogP contribution in [0.25, 0.3) is 0 Å². The molecule has 2 unspecified atom stereocenters. The maximum atomic E-state index is 5.51. The Morgan fingerprint density at radius 2 is 2.11 bits per heavy atom. The van der Waals surface area contributed by atoms with Crippen molar-refractivity contribution >= 4 is 11.8 Å². The smallest absolute Gasteiger partial charge is 0.231 e. The zero-order chi connectivity index (χ0) is 13.7. The number of nitrogens with one attached hydrogen (secondary N) is 1. The Morgan fingerprint density at radius 1 is 1.32 bits per heavy atom. The highest BCUT2D eigenvalue weighted by Gasteiger charge is 2.28. The van der Waals surface area contributed by atoms with Crippen molar-refractivity contribution in [1.29, 1.82) is 0 Å². The van der Waals surface area contributed by atoms with Gasteiger partial charge in [-0.3, -0.25) is 0 Å². The summed E-state index contributed by atoms with van der Waals surface area (Å²) in [6.07, 6.45) is 6.25. The molecule has 1 N–H and O–H groups in total. The minimum absolute atomic E-state index is 0.387. The maximum Gasteiger partial charge on any atom is 0.231 e. The van der Waals surface area contributed by atoms with Gasteiger partial charge in [0.05, 0.1) is 11.7 Å². The van der Waals surface area contributed by atoms with Crippen LogP contribution in [0.2, 0.25) is 0 Å². The third-order valence-corrected chi connectivity index (χ3v) is 4.83. The largest absolute Gasteiger partial charge is 0.339 e. The van der Waals surface area contributed by atoms with E-state index >= 15 is 0 Å². The van der Waals surface area contributed by atoms with E-state index in [1.807, 2.05) is 18.8 Å². The number of hydrogen-bond donors (Lipinski definition) is 1. The molecule has 0 aromatic carbocycles. The van der Waals surface area contributed by atoms with E-state index in [2.05, 4.69) is 29.3 Å². The molecule has 1 fully saturated rings. The average Bonchev–Trinajstić information content (AvgIpc) is 2.73. The van der Waals surface area contributed by atoms with E-state index in [0.717, 1.165) is 23.9 Å². The molecule has 19 heavy (non-hydrogen) atoms. The molecule has 108 valence electrons. The Labute approximate surface area is 120 Å². The van der Waals surface area contributed by atoms with E-state index in [4.69, 9.17) is 4.52 Å². The molecule has 0 radical (unpaired) electrons. The van der Waals surface area contributed by atoms with Crippen LogP contribution < -0.4 is 5.32 Å². The van der Waals surface area contributed by atoms with Gasteiger partial charge in [-0.2, -0.15) is 16.7 Å². The first-order valence-corrected chi connectivity index (χ1v) is 8.37. The Kier molecular flexibility index (Phi) is 5.70. The molecule has 1 saturated carbocycles. The van der Waals surface area contributed by atoms with Gasteiger partial charge < -0.3 is 9.84 Å². The lowest BCUT2D eigenvalue weighted by Crippen LogP contribution is -2.31. The summed E-state index contributed by atoms with van der Waals surface area (Å²) in [4.78, 5) is 4.61. The van der Waals surface area contributed by atoms with Crippen LogP contribution in [0.1, 0.15) is 63.6 Å². The number of hydrogen-bond acceptors (Lipinski definition) is 5. The van der Waals surface area contributed by atoms with Crippen molar-refractivity contribution < 1.29 is 4.52 Å². The minimum atomic E-state index is 0.387. The summed E-state index contributed by atoms with van der Waals surface area (Å²) in [5, 5.41) is 8.15. The van der Waals surface area contributed by atoms with Crippen LogP contribution in [0.5, 0.6) is 0 Å². The zero-order valence-corrected chi connectivity index (χ0v) is 13.0. The van der Waals surface area contributed by atoms with Crippen LogP contribution >= 0.6 is 11.8 Å². The van der Waals surface area contributed by atoms with E-state index in [0.29, 0.717) is 17.2 Å². The van der Waals surface area contributed by atoms with Gasteiger partial charge in [0.2, 0.25) is 5.89 Å². The summed E-state index contributed by atoms with van der Waals surface area (Å²) < 4.78 is 5.51. The molecule has 0 amide bonds. The lowest BCUT2D eigenvalue weighted by atomic mass is 9.95. The van der Waals surface area contributed by atoms with Crippen molar-refractivity contribution in [2.24, 2.45) is 0 Å². The van der Waals surface area contributed by atoms with Crippen molar-refractivity contribution in [2.75, 3.05) is 7.05 Å². The number of likely N-dealkylation sites (N-methyl/N-ethyl adjacent to an activating group) is 1. The molecular weight excluding hydrogens is 258 g/mol. The molecule has 2 atom stereocenters. The number of nitrogens with zero attached hydrogens (tertiary/aromatic N) is 2. The zero-order valence-electron chi connectivity index (χ0n) is 12.2. The number of aromatic nitrogens is 2. The van der Waals surface area contributed by atoms with E-state index in [1.54, 1.807) is 0 Å². The first-order chi connectivity index (χ1) is 9.20. The molecule has 0 saturated heterocycles. The SMILES string of the molecule is CNC1CCCCCC1c1nc(CSC(C)C)no1. The fourth-order valence-electron chi connectivity index (χ4n) is 2.67. The molecule has 1 aromatic heterocycles. The van der Waals surface area contributed by atoms with Gasteiger partial charge in [0.1, 0.15) is 0 Å². The van der Waals surface area contributed by atoms with Crippen molar-refractivity contribution in [3.63, 3.8) is 0 Å². The van der Waals surface area contributed by atoms with E-state index in [9.17, 15) is 0 Å². The van der Waals surface area contributed by atoms with Crippen molar-refractivity contribution in [2.45, 2.75) is 68.9 Å². The van der Waals surface area contributed by atoms with E-state index in [1.165, 1.54) is 25.7 Å². The normalized spacial score (nSPS) is 24.6. The molecule has 0 bridgehead atoms.